The third-order valence-electron chi connectivity index (χ3n) is 8.89. The number of amides is 1. The number of carbonyl (C=O) groups is 1. The van der Waals surface area contributed by atoms with E-state index in [2.05, 4.69) is 25.0 Å². The molecular weight excluding hydrogens is 503 g/mol. The van der Waals surface area contributed by atoms with Gasteiger partial charge in [0.1, 0.15) is 17.3 Å². The van der Waals surface area contributed by atoms with Gasteiger partial charge >= 0.3 is 0 Å². The minimum Gasteiger partial charge on any atom is -0.349 e. The first-order valence-electron chi connectivity index (χ1n) is 14.3. The molecule has 1 amide bonds. The molecule has 1 aromatic heterocycles. The highest BCUT2D eigenvalue weighted by atomic mass is 35.5. The Kier molecular flexibility index (Phi) is 7.56. The van der Waals surface area contributed by atoms with Crippen LogP contribution in [0.2, 0.25) is 5.02 Å². The molecule has 38 heavy (non-hydrogen) atoms. The molecule has 9 heteroatoms. The Balaban J connectivity index is 1.10. The number of anilines is 1. The van der Waals surface area contributed by atoms with E-state index in [1.165, 1.54) is 31.7 Å². The molecule has 4 aliphatic rings. The van der Waals surface area contributed by atoms with E-state index in [9.17, 15) is 9.18 Å². The predicted octanol–water partition coefficient (Wildman–Crippen LogP) is 4.57. The first-order chi connectivity index (χ1) is 18.5. The van der Waals surface area contributed by atoms with E-state index in [-0.39, 0.29) is 11.7 Å². The minimum absolute atomic E-state index is 0.111. The lowest BCUT2D eigenvalue weighted by molar-refractivity contribution is 0.0298. The zero-order valence-electron chi connectivity index (χ0n) is 22.2. The molecule has 2 aliphatic carbocycles. The van der Waals surface area contributed by atoms with Gasteiger partial charge in [-0.15, -0.1) is 0 Å². The number of hydrogen-bond acceptors (Lipinski definition) is 6. The average molecular weight is 541 g/mol. The monoisotopic (exact) mass is 540 g/mol. The number of fused-ring (bicyclic) bond motifs is 1. The summed E-state index contributed by atoms with van der Waals surface area (Å²) in [4.78, 5) is 29.5. The van der Waals surface area contributed by atoms with Gasteiger partial charge in [0, 0.05) is 54.4 Å². The molecule has 0 spiro atoms. The number of piperazine rings is 1. The van der Waals surface area contributed by atoms with Crippen molar-refractivity contribution in [2.24, 2.45) is 0 Å². The zero-order chi connectivity index (χ0) is 26.2. The lowest BCUT2D eigenvalue weighted by atomic mass is 9.84. The summed E-state index contributed by atoms with van der Waals surface area (Å²) in [6.07, 6.45) is 10.9. The van der Waals surface area contributed by atoms with Gasteiger partial charge in [0.05, 0.1) is 11.9 Å². The van der Waals surface area contributed by atoms with Crippen LogP contribution >= 0.6 is 11.6 Å². The molecule has 2 saturated carbocycles. The number of hydrogen-bond donors (Lipinski definition) is 1. The third kappa shape index (κ3) is 5.54. The molecule has 204 valence electrons. The highest BCUT2D eigenvalue weighted by molar-refractivity contribution is 6.30. The summed E-state index contributed by atoms with van der Waals surface area (Å²) in [5.74, 6) is 0.611. The molecule has 3 heterocycles. The highest BCUT2D eigenvalue weighted by Gasteiger charge is 2.42. The number of nitrogens with one attached hydrogen (secondary N) is 1. The van der Waals surface area contributed by atoms with E-state index in [1.54, 1.807) is 12.3 Å². The van der Waals surface area contributed by atoms with E-state index in [1.807, 2.05) is 13.0 Å². The summed E-state index contributed by atoms with van der Waals surface area (Å²) in [5.41, 5.74) is 1.98. The van der Waals surface area contributed by atoms with Crippen molar-refractivity contribution in [1.82, 2.24) is 25.1 Å². The Morgan fingerprint density at radius 3 is 2.53 bits per heavy atom. The van der Waals surface area contributed by atoms with Crippen LogP contribution in [0.15, 0.2) is 24.4 Å². The van der Waals surface area contributed by atoms with Crippen LogP contribution in [-0.2, 0) is 6.54 Å². The second-order valence-electron chi connectivity index (χ2n) is 11.5. The van der Waals surface area contributed by atoms with Crippen LogP contribution in [-0.4, -0.2) is 76.0 Å². The second-order valence-corrected chi connectivity index (χ2v) is 11.9. The number of rotatable bonds is 6. The van der Waals surface area contributed by atoms with E-state index in [0.717, 1.165) is 68.9 Å². The van der Waals surface area contributed by atoms with Crippen molar-refractivity contribution in [1.29, 1.82) is 0 Å². The maximum atomic E-state index is 14.3. The van der Waals surface area contributed by atoms with Gasteiger partial charge in [-0.25, -0.2) is 14.4 Å². The molecule has 0 bridgehead atoms. The van der Waals surface area contributed by atoms with Crippen LogP contribution in [0.5, 0.6) is 0 Å². The molecule has 2 aromatic rings. The van der Waals surface area contributed by atoms with E-state index in [0.29, 0.717) is 41.4 Å². The molecule has 2 saturated heterocycles. The standard InChI is InChI=1S/C29H38ClFN6O/c1-19-28(32-17-25(33-19)29(38)34-22-8-9-22)37-15-14-36(26-4-2-3-5-27(26)37)23-10-12-35(13-11-23)18-20-6-7-21(30)16-24(20)31/h6-7,16-17,22-23,26-27H,2-5,8-15,18H2,1H3,(H,34,38)/t26-,27+/m0/s1. The Morgan fingerprint density at radius 1 is 1.05 bits per heavy atom. The van der Waals surface area contributed by atoms with Gasteiger partial charge in [0.15, 0.2) is 0 Å². The molecular formula is C29H38ClFN6O. The van der Waals surface area contributed by atoms with Crippen molar-refractivity contribution in [2.75, 3.05) is 31.1 Å². The fraction of sp³-hybridized carbons (Fsp3) is 0.621. The van der Waals surface area contributed by atoms with Crippen molar-refractivity contribution < 1.29 is 9.18 Å². The van der Waals surface area contributed by atoms with Gasteiger partial charge < -0.3 is 10.2 Å². The molecule has 6 rings (SSSR count). The van der Waals surface area contributed by atoms with E-state index in [4.69, 9.17) is 16.6 Å². The lowest BCUT2D eigenvalue weighted by Gasteiger charge is -2.54. The summed E-state index contributed by atoms with van der Waals surface area (Å²) in [5, 5.41) is 3.46. The van der Waals surface area contributed by atoms with Crippen LogP contribution in [0, 0.1) is 12.7 Å². The lowest BCUT2D eigenvalue weighted by Crippen LogP contribution is -2.64. The quantitative estimate of drug-likeness (QED) is 0.579. The first kappa shape index (κ1) is 26.0. The normalized spacial score (nSPS) is 25.3. The largest absolute Gasteiger partial charge is 0.349 e. The van der Waals surface area contributed by atoms with Crippen LogP contribution in [0.3, 0.4) is 0 Å². The number of halogens is 2. The van der Waals surface area contributed by atoms with Gasteiger partial charge in [0.2, 0.25) is 0 Å². The molecule has 7 nitrogen and oxygen atoms in total. The van der Waals surface area contributed by atoms with E-state index >= 15 is 0 Å². The van der Waals surface area contributed by atoms with Crippen molar-refractivity contribution in [3.63, 3.8) is 0 Å². The molecule has 2 aliphatic heterocycles. The number of carbonyl (C=O) groups excluding carboxylic acids is 1. The van der Waals surface area contributed by atoms with Gasteiger partial charge in [-0.05, 0) is 70.7 Å². The number of benzene rings is 1. The molecule has 4 fully saturated rings. The second kappa shape index (κ2) is 11.1. The summed E-state index contributed by atoms with van der Waals surface area (Å²) >= 11 is 5.93. The van der Waals surface area contributed by atoms with Crippen molar-refractivity contribution in [3.8, 4) is 0 Å². The minimum atomic E-state index is -0.212. The van der Waals surface area contributed by atoms with Gasteiger partial charge in [-0.2, -0.15) is 0 Å². The zero-order valence-corrected chi connectivity index (χ0v) is 23.0. The maximum absolute atomic E-state index is 14.3. The topological polar surface area (TPSA) is 64.6 Å². The SMILES string of the molecule is Cc1nc(C(=O)NC2CC2)cnc1N1CCN(C2CCN(Cc3ccc(Cl)cc3F)CC2)[C@H]2CCCC[C@H]21. The summed E-state index contributed by atoms with van der Waals surface area (Å²) in [6.45, 7) is 6.55. The van der Waals surface area contributed by atoms with Crippen LogP contribution < -0.4 is 10.2 Å². The summed E-state index contributed by atoms with van der Waals surface area (Å²) < 4.78 is 14.3. The molecule has 2 atom stereocenters. The predicted molar refractivity (Wildman–Crippen MR) is 147 cm³/mol. The fourth-order valence-electron chi connectivity index (χ4n) is 6.77. The highest BCUT2D eigenvalue weighted by Crippen LogP contribution is 2.36. The van der Waals surface area contributed by atoms with E-state index < -0.39 is 0 Å². The van der Waals surface area contributed by atoms with Crippen LogP contribution in [0.1, 0.15) is 73.1 Å². The van der Waals surface area contributed by atoms with Crippen LogP contribution in [0.4, 0.5) is 10.2 Å². The maximum Gasteiger partial charge on any atom is 0.271 e. The number of aromatic nitrogens is 2. The number of nitrogens with zero attached hydrogens (tertiary/aromatic N) is 5. The Labute approximate surface area is 229 Å². The van der Waals surface area contributed by atoms with Crippen molar-refractivity contribution in [3.05, 3.63) is 52.2 Å². The molecule has 0 radical (unpaired) electrons. The molecule has 1 N–H and O–H groups in total. The van der Waals surface area contributed by atoms with Crippen molar-refractivity contribution >= 4 is 23.3 Å². The third-order valence-corrected chi connectivity index (χ3v) is 9.13. The fourth-order valence-corrected chi connectivity index (χ4v) is 6.93. The van der Waals surface area contributed by atoms with Crippen molar-refractivity contribution in [2.45, 2.75) is 89.0 Å². The number of aryl methyl sites for hydroxylation is 1. The Bertz CT molecular complexity index is 1170. The van der Waals surface area contributed by atoms with Gasteiger partial charge in [-0.1, -0.05) is 30.5 Å². The smallest absolute Gasteiger partial charge is 0.271 e. The van der Waals surface area contributed by atoms with Gasteiger partial charge in [0.25, 0.3) is 5.91 Å². The number of piperidine rings is 1. The number of likely N-dealkylation sites (tertiary alicyclic amines) is 1. The Hall–Kier alpha value is -2.29. The van der Waals surface area contributed by atoms with Crippen LogP contribution in [0.25, 0.3) is 0 Å². The average Bonchev–Trinajstić information content (AvgIpc) is 3.74. The Morgan fingerprint density at radius 2 is 1.82 bits per heavy atom. The summed E-state index contributed by atoms with van der Waals surface area (Å²) in [7, 11) is 0. The molecule has 1 aromatic carbocycles. The first-order valence-corrected chi connectivity index (χ1v) is 14.7. The molecule has 0 unspecified atom stereocenters. The van der Waals surface area contributed by atoms with Gasteiger partial charge in [-0.3, -0.25) is 14.6 Å². The summed E-state index contributed by atoms with van der Waals surface area (Å²) in [6, 6.07) is 6.82.